The van der Waals surface area contributed by atoms with Crippen molar-refractivity contribution in [1.29, 1.82) is 0 Å². The van der Waals surface area contributed by atoms with Gasteiger partial charge in [0, 0.05) is 18.0 Å². The third-order valence-corrected chi connectivity index (χ3v) is 3.37. The fraction of sp³-hybridized carbons (Fsp3) is 0.643. The molecule has 1 aromatic heterocycles. The van der Waals surface area contributed by atoms with Crippen LogP contribution in [0.4, 0.5) is 0 Å². The van der Waals surface area contributed by atoms with Crippen LogP contribution >= 0.6 is 11.3 Å². The zero-order chi connectivity index (χ0) is 13.6. The Bertz CT molecular complexity index is 354. The number of carbonyl (C=O) groups excluding carboxylic acids is 1. The van der Waals surface area contributed by atoms with E-state index in [-0.39, 0.29) is 11.6 Å². The Kier molecular flexibility index (Phi) is 5.82. The molecular weight excluding hydrogens is 246 g/mol. The molecule has 0 radical (unpaired) electrons. The third kappa shape index (κ3) is 6.77. The smallest absolute Gasteiger partial charge is 0.307 e. The van der Waals surface area contributed by atoms with Gasteiger partial charge in [-0.3, -0.25) is 4.79 Å². The van der Waals surface area contributed by atoms with Crippen molar-refractivity contribution in [3.05, 3.63) is 22.4 Å². The average molecular weight is 269 g/mol. The van der Waals surface area contributed by atoms with Crippen LogP contribution in [-0.2, 0) is 16.0 Å². The molecule has 0 aliphatic rings. The molecule has 0 aromatic carbocycles. The summed E-state index contributed by atoms with van der Waals surface area (Å²) in [5.74, 6) is -0.120. The van der Waals surface area contributed by atoms with Gasteiger partial charge < -0.3 is 9.64 Å². The van der Waals surface area contributed by atoms with Gasteiger partial charge in [0.25, 0.3) is 0 Å². The van der Waals surface area contributed by atoms with Gasteiger partial charge in [0.1, 0.15) is 5.60 Å². The van der Waals surface area contributed by atoms with Crippen molar-refractivity contribution in [3.63, 3.8) is 0 Å². The van der Waals surface area contributed by atoms with Gasteiger partial charge in [-0.15, -0.1) is 11.3 Å². The number of nitrogens with zero attached hydrogens (tertiary/aromatic N) is 1. The van der Waals surface area contributed by atoms with Crippen molar-refractivity contribution >= 4 is 17.3 Å². The van der Waals surface area contributed by atoms with Gasteiger partial charge in [-0.2, -0.15) is 0 Å². The Hall–Kier alpha value is -0.870. The summed E-state index contributed by atoms with van der Waals surface area (Å²) in [5.41, 5.74) is -0.382. The SMILES string of the molecule is CN(CCC(=O)OC(C)(C)C)CCc1cccs1. The molecule has 0 N–H and O–H groups in total. The van der Waals surface area contributed by atoms with E-state index in [2.05, 4.69) is 22.4 Å². The first-order valence-corrected chi connectivity index (χ1v) is 7.17. The summed E-state index contributed by atoms with van der Waals surface area (Å²) >= 11 is 1.78. The van der Waals surface area contributed by atoms with Crippen LogP contribution in [0.25, 0.3) is 0 Å². The fourth-order valence-electron chi connectivity index (χ4n) is 1.54. The van der Waals surface area contributed by atoms with Crippen LogP contribution in [0.15, 0.2) is 17.5 Å². The highest BCUT2D eigenvalue weighted by atomic mass is 32.1. The molecule has 0 atom stereocenters. The number of hydrogen-bond donors (Lipinski definition) is 0. The van der Waals surface area contributed by atoms with Gasteiger partial charge in [-0.1, -0.05) is 6.07 Å². The van der Waals surface area contributed by atoms with Gasteiger partial charge in [0.05, 0.1) is 6.42 Å². The molecule has 0 spiro atoms. The molecule has 0 amide bonds. The number of ether oxygens (including phenoxy) is 1. The lowest BCUT2D eigenvalue weighted by Crippen LogP contribution is -2.28. The minimum Gasteiger partial charge on any atom is -0.460 e. The Morgan fingerprint density at radius 1 is 1.39 bits per heavy atom. The summed E-state index contributed by atoms with van der Waals surface area (Å²) in [6.45, 7) is 7.41. The van der Waals surface area contributed by atoms with E-state index in [1.165, 1.54) is 4.88 Å². The normalized spacial score (nSPS) is 11.8. The van der Waals surface area contributed by atoms with Crippen LogP contribution in [0.3, 0.4) is 0 Å². The molecule has 0 aliphatic heterocycles. The number of rotatable bonds is 6. The number of hydrogen-bond acceptors (Lipinski definition) is 4. The van der Waals surface area contributed by atoms with Crippen LogP contribution in [-0.4, -0.2) is 36.6 Å². The molecule has 1 heterocycles. The first kappa shape index (κ1) is 15.2. The second-order valence-electron chi connectivity index (χ2n) is 5.47. The van der Waals surface area contributed by atoms with Gasteiger partial charge in [-0.05, 0) is 45.7 Å². The topological polar surface area (TPSA) is 29.5 Å². The van der Waals surface area contributed by atoms with Crippen molar-refractivity contribution in [3.8, 4) is 0 Å². The Morgan fingerprint density at radius 3 is 2.67 bits per heavy atom. The Labute approximate surface area is 114 Å². The fourth-order valence-corrected chi connectivity index (χ4v) is 2.24. The van der Waals surface area contributed by atoms with Crippen LogP contribution < -0.4 is 0 Å². The highest BCUT2D eigenvalue weighted by molar-refractivity contribution is 7.09. The predicted octanol–water partition coefficient (Wildman–Crippen LogP) is 2.95. The Morgan fingerprint density at radius 2 is 2.11 bits per heavy atom. The number of thiophene rings is 1. The molecule has 0 aliphatic carbocycles. The zero-order valence-electron chi connectivity index (χ0n) is 11.7. The van der Waals surface area contributed by atoms with E-state index < -0.39 is 0 Å². The molecule has 18 heavy (non-hydrogen) atoms. The first-order valence-electron chi connectivity index (χ1n) is 6.29. The summed E-state index contributed by atoms with van der Waals surface area (Å²) < 4.78 is 5.27. The van der Waals surface area contributed by atoms with Crippen molar-refractivity contribution in [2.24, 2.45) is 0 Å². The van der Waals surface area contributed by atoms with E-state index in [1.807, 2.05) is 27.8 Å². The largest absolute Gasteiger partial charge is 0.460 e. The molecule has 3 nitrogen and oxygen atoms in total. The predicted molar refractivity (Wildman–Crippen MR) is 76.0 cm³/mol. The first-order chi connectivity index (χ1) is 8.37. The lowest BCUT2D eigenvalue weighted by atomic mass is 10.2. The molecule has 1 aromatic rings. The summed E-state index contributed by atoms with van der Waals surface area (Å²) in [4.78, 5) is 15.1. The molecule has 0 saturated carbocycles. The number of esters is 1. The third-order valence-electron chi connectivity index (χ3n) is 2.44. The van der Waals surface area contributed by atoms with Crippen molar-refractivity contribution < 1.29 is 9.53 Å². The van der Waals surface area contributed by atoms with Crippen LogP contribution in [0.2, 0.25) is 0 Å². The molecule has 0 bridgehead atoms. The monoisotopic (exact) mass is 269 g/mol. The van der Waals surface area contributed by atoms with Crippen molar-refractivity contribution in [1.82, 2.24) is 4.90 Å². The summed E-state index contributed by atoms with van der Waals surface area (Å²) in [7, 11) is 2.04. The zero-order valence-corrected chi connectivity index (χ0v) is 12.5. The molecule has 0 unspecified atom stereocenters. The lowest BCUT2D eigenvalue weighted by molar-refractivity contribution is -0.155. The number of carbonyl (C=O) groups is 1. The van der Waals surface area contributed by atoms with Crippen LogP contribution in [0.1, 0.15) is 32.1 Å². The van der Waals surface area contributed by atoms with Gasteiger partial charge in [-0.25, -0.2) is 0 Å². The average Bonchev–Trinajstić information content (AvgIpc) is 2.74. The standard InChI is InChI=1S/C14H23NO2S/c1-14(2,3)17-13(16)8-10-15(4)9-7-12-6-5-11-18-12/h5-6,11H,7-10H2,1-4H3. The molecular formula is C14H23NO2S. The summed E-state index contributed by atoms with van der Waals surface area (Å²) in [5, 5.41) is 2.09. The summed E-state index contributed by atoms with van der Waals surface area (Å²) in [6, 6.07) is 4.22. The second kappa shape index (κ2) is 6.90. The van der Waals surface area contributed by atoms with Crippen molar-refractivity contribution in [2.75, 3.05) is 20.1 Å². The minimum absolute atomic E-state index is 0.120. The van der Waals surface area contributed by atoms with E-state index in [0.717, 1.165) is 19.5 Å². The molecule has 0 saturated heterocycles. The molecule has 102 valence electrons. The maximum absolute atomic E-state index is 11.5. The Balaban J connectivity index is 2.17. The number of likely N-dealkylation sites (N-methyl/N-ethyl adjacent to an activating group) is 1. The maximum atomic E-state index is 11.5. The highest BCUT2D eigenvalue weighted by Crippen LogP contribution is 2.10. The molecule has 1 rings (SSSR count). The van der Waals surface area contributed by atoms with Gasteiger partial charge in [0.2, 0.25) is 0 Å². The molecule has 0 fully saturated rings. The van der Waals surface area contributed by atoms with Crippen LogP contribution in [0, 0.1) is 0 Å². The lowest BCUT2D eigenvalue weighted by Gasteiger charge is -2.21. The quantitative estimate of drug-likeness (QED) is 0.744. The van der Waals surface area contributed by atoms with E-state index in [9.17, 15) is 4.79 Å². The van der Waals surface area contributed by atoms with Gasteiger partial charge in [0.15, 0.2) is 0 Å². The summed E-state index contributed by atoms with van der Waals surface area (Å²) in [6.07, 6.45) is 1.50. The maximum Gasteiger partial charge on any atom is 0.307 e. The second-order valence-corrected chi connectivity index (χ2v) is 6.50. The van der Waals surface area contributed by atoms with E-state index in [0.29, 0.717) is 6.42 Å². The van der Waals surface area contributed by atoms with Crippen LogP contribution in [0.5, 0.6) is 0 Å². The van der Waals surface area contributed by atoms with Gasteiger partial charge >= 0.3 is 5.97 Å². The van der Waals surface area contributed by atoms with E-state index >= 15 is 0 Å². The highest BCUT2D eigenvalue weighted by Gasteiger charge is 2.16. The van der Waals surface area contributed by atoms with Crippen molar-refractivity contribution in [2.45, 2.75) is 39.2 Å². The van der Waals surface area contributed by atoms with E-state index in [1.54, 1.807) is 11.3 Å². The molecule has 4 heteroatoms. The minimum atomic E-state index is -0.382. The van der Waals surface area contributed by atoms with E-state index in [4.69, 9.17) is 4.74 Å².